The van der Waals surface area contributed by atoms with Gasteiger partial charge in [0.15, 0.2) is 5.82 Å². The lowest BCUT2D eigenvalue weighted by Crippen LogP contribution is -2.19. The van der Waals surface area contributed by atoms with E-state index < -0.39 is 0 Å². The van der Waals surface area contributed by atoms with E-state index in [-0.39, 0.29) is 12.5 Å². The Hall–Kier alpha value is -1.82. The minimum absolute atomic E-state index is 0.129. The van der Waals surface area contributed by atoms with Crippen LogP contribution in [0.15, 0.2) is 34.9 Å². The van der Waals surface area contributed by atoms with Crippen molar-refractivity contribution < 1.29 is 4.79 Å². The number of nitrogens with zero attached hydrogens (tertiary/aromatic N) is 2. The minimum atomic E-state index is -0.143. The molecule has 0 bridgehead atoms. The number of benzene rings is 1. The van der Waals surface area contributed by atoms with Crippen LogP contribution in [0.3, 0.4) is 0 Å². The molecule has 0 saturated carbocycles. The van der Waals surface area contributed by atoms with Crippen LogP contribution in [0.25, 0.3) is 0 Å². The van der Waals surface area contributed by atoms with Crippen LogP contribution in [0.5, 0.6) is 0 Å². The fourth-order valence-corrected chi connectivity index (χ4v) is 1.88. The Morgan fingerprint density at radius 2 is 2.33 bits per heavy atom. The molecule has 0 saturated heterocycles. The summed E-state index contributed by atoms with van der Waals surface area (Å²) in [5.74, 6) is 0.231. The monoisotopic (exact) mass is 308 g/mol. The molecule has 18 heavy (non-hydrogen) atoms. The second kappa shape index (κ2) is 5.22. The third-order valence-electron chi connectivity index (χ3n) is 2.35. The number of carbonyl (C=O) groups excluding carboxylic acids is 1. The van der Waals surface area contributed by atoms with Crippen LogP contribution >= 0.6 is 15.9 Å². The van der Waals surface area contributed by atoms with Crippen molar-refractivity contribution in [1.82, 2.24) is 9.78 Å². The number of nitrogens with one attached hydrogen (secondary N) is 1. The second-order valence-electron chi connectivity index (χ2n) is 3.98. The molecule has 0 aliphatic carbocycles. The third-order valence-corrected chi connectivity index (χ3v) is 2.96. The van der Waals surface area contributed by atoms with Gasteiger partial charge in [-0.3, -0.25) is 9.48 Å². The van der Waals surface area contributed by atoms with Gasteiger partial charge >= 0.3 is 0 Å². The van der Waals surface area contributed by atoms with Gasteiger partial charge in [-0.15, -0.1) is 0 Å². The molecule has 1 aromatic heterocycles. The van der Waals surface area contributed by atoms with Crippen molar-refractivity contribution in [3.05, 3.63) is 40.5 Å². The highest BCUT2D eigenvalue weighted by atomic mass is 79.9. The molecule has 1 aromatic carbocycles. The molecule has 0 fully saturated rings. The highest BCUT2D eigenvalue weighted by Gasteiger charge is 2.07. The van der Waals surface area contributed by atoms with E-state index in [0.29, 0.717) is 10.3 Å². The average molecular weight is 309 g/mol. The molecule has 6 heteroatoms. The van der Waals surface area contributed by atoms with Crippen LogP contribution in [-0.2, 0) is 11.3 Å². The molecule has 0 atom stereocenters. The van der Waals surface area contributed by atoms with E-state index in [4.69, 9.17) is 5.73 Å². The summed E-state index contributed by atoms with van der Waals surface area (Å²) in [6.07, 6.45) is 1.67. The number of carbonyl (C=O) groups is 1. The first kappa shape index (κ1) is 12.6. The van der Waals surface area contributed by atoms with Gasteiger partial charge in [-0.2, -0.15) is 5.10 Å². The zero-order chi connectivity index (χ0) is 13.1. The van der Waals surface area contributed by atoms with Gasteiger partial charge in [-0.1, -0.05) is 12.1 Å². The lowest BCUT2D eigenvalue weighted by atomic mass is 10.2. The van der Waals surface area contributed by atoms with E-state index in [0.717, 1.165) is 11.3 Å². The van der Waals surface area contributed by atoms with Crippen molar-refractivity contribution in [1.29, 1.82) is 0 Å². The number of anilines is 2. The summed E-state index contributed by atoms with van der Waals surface area (Å²) >= 11 is 3.24. The molecule has 0 spiro atoms. The SMILES string of the molecule is Cc1cccc(NC(=O)Cn2cc(Br)c(N)n2)c1. The summed E-state index contributed by atoms with van der Waals surface area (Å²) in [7, 11) is 0. The molecular weight excluding hydrogens is 296 g/mol. The van der Waals surface area contributed by atoms with E-state index in [1.54, 1.807) is 6.20 Å². The van der Waals surface area contributed by atoms with Crippen LogP contribution in [0.4, 0.5) is 11.5 Å². The molecule has 1 heterocycles. The van der Waals surface area contributed by atoms with E-state index in [1.807, 2.05) is 31.2 Å². The highest BCUT2D eigenvalue weighted by molar-refractivity contribution is 9.10. The van der Waals surface area contributed by atoms with Crippen LogP contribution in [0, 0.1) is 6.92 Å². The third kappa shape index (κ3) is 3.10. The number of amides is 1. The highest BCUT2D eigenvalue weighted by Crippen LogP contribution is 2.16. The fraction of sp³-hybridized carbons (Fsp3) is 0.167. The Kier molecular flexibility index (Phi) is 3.66. The normalized spacial score (nSPS) is 10.3. The lowest BCUT2D eigenvalue weighted by molar-refractivity contribution is -0.116. The smallest absolute Gasteiger partial charge is 0.246 e. The predicted molar refractivity (Wildman–Crippen MR) is 74.1 cm³/mol. The van der Waals surface area contributed by atoms with Crippen molar-refractivity contribution in [2.45, 2.75) is 13.5 Å². The molecule has 2 rings (SSSR count). The minimum Gasteiger partial charge on any atom is -0.381 e. The first-order chi connectivity index (χ1) is 8.54. The van der Waals surface area contributed by atoms with Crippen molar-refractivity contribution in [3.8, 4) is 0 Å². The molecule has 5 nitrogen and oxygen atoms in total. The van der Waals surface area contributed by atoms with Gasteiger partial charge in [0.25, 0.3) is 0 Å². The lowest BCUT2D eigenvalue weighted by Gasteiger charge is -2.05. The van der Waals surface area contributed by atoms with E-state index in [9.17, 15) is 4.79 Å². The zero-order valence-electron chi connectivity index (χ0n) is 9.85. The summed E-state index contributed by atoms with van der Waals surface area (Å²) in [5.41, 5.74) is 7.45. The Bertz CT molecular complexity index is 560. The number of nitrogen functional groups attached to an aromatic ring is 1. The van der Waals surface area contributed by atoms with Gasteiger partial charge in [0, 0.05) is 11.9 Å². The fourth-order valence-electron chi connectivity index (χ4n) is 1.56. The number of aromatic nitrogens is 2. The summed E-state index contributed by atoms with van der Waals surface area (Å²) in [4.78, 5) is 11.8. The van der Waals surface area contributed by atoms with Crippen molar-refractivity contribution in [2.75, 3.05) is 11.1 Å². The Balaban J connectivity index is 2.01. The van der Waals surface area contributed by atoms with Crippen molar-refractivity contribution in [2.24, 2.45) is 0 Å². The first-order valence-corrected chi connectivity index (χ1v) is 6.19. The number of aryl methyl sites for hydroxylation is 1. The van der Waals surface area contributed by atoms with Crippen molar-refractivity contribution in [3.63, 3.8) is 0 Å². The predicted octanol–water partition coefficient (Wildman–Crippen LogP) is 2.17. The number of rotatable bonds is 3. The topological polar surface area (TPSA) is 72.9 Å². The van der Waals surface area contributed by atoms with Crippen LogP contribution in [-0.4, -0.2) is 15.7 Å². The van der Waals surface area contributed by atoms with Crippen LogP contribution < -0.4 is 11.1 Å². The van der Waals surface area contributed by atoms with Crippen LogP contribution in [0.2, 0.25) is 0 Å². The van der Waals surface area contributed by atoms with Gasteiger partial charge in [-0.05, 0) is 40.5 Å². The van der Waals surface area contributed by atoms with Crippen LogP contribution in [0.1, 0.15) is 5.56 Å². The molecule has 0 aliphatic heterocycles. The quantitative estimate of drug-likeness (QED) is 0.912. The Morgan fingerprint density at radius 3 is 2.94 bits per heavy atom. The summed E-state index contributed by atoms with van der Waals surface area (Å²) in [6.45, 7) is 2.10. The maximum absolute atomic E-state index is 11.8. The molecule has 1 amide bonds. The molecule has 0 radical (unpaired) electrons. The Morgan fingerprint density at radius 1 is 1.56 bits per heavy atom. The van der Waals surface area contributed by atoms with E-state index >= 15 is 0 Å². The molecular formula is C12H13BrN4O. The molecule has 3 N–H and O–H groups in total. The van der Waals surface area contributed by atoms with Gasteiger partial charge in [-0.25, -0.2) is 0 Å². The van der Waals surface area contributed by atoms with Crippen molar-refractivity contribution >= 4 is 33.3 Å². The standard InChI is InChI=1S/C12H13BrN4O/c1-8-3-2-4-9(5-8)15-11(18)7-17-6-10(13)12(14)16-17/h2-6H,7H2,1H3,(H2,14,16)(H,15,18). The van der Waals surface area contributed by atoms with Gasteiger partial charge in [0.2, 0.25) is 5.91 Å². The second-order valence-corrected chi connectivity index (χ2v) is 4.83. The number of hydrogen-bond acceptors (Lipinski definition) is 3. The van der Waals surface area contributed by atoms with Gasteiger partial charge < -0.3 is 11.1 Å². The summed E-state index contributed by atoms with van der Waals surface area (Å²) in [5, 5.41) is 6.80. The first-order valence-electron chi connectivity index (χ1n) is 5.39. The van der Waals surface area contributed by atoms with Gasteiger partial charge in [0.1, 0.15) is 6.54 Å². The molecule has 0 unspecified atom stereocenters. The maximum Gasteiger partial charge on any atom is 0.246 e. The maximum atomic E-state index is 11.8. The van der Waals surface area contributed by atoms with E-state index in [1.165, 1.54) is 4.68 Å². The van der Waals surface area contributed by atoms with E-state index in [2.05, 4.69) is 26.3 Å². The number of nitrogens with two attached hydrogens (primary N) is 1. The average Bonchev–Trinajstić information content (AvgIpc) is 2.57. The zero-order valence-corrected chi connectivity index (χ0v) is 11.4. The Labute approximate surface area is 113 Å². The molecule has 0 aliphatic rings. The number of halogens is 1. The molecule has 94 valence electrons. The number of hydrogen-bond donors (Lipinski definition) is 2. The summed E-state index contributed by atoms with van der Waals surface area (Å²) in [6, 6.07) is 7.62. The summed E-state index contributed by atoms with van der Waals surface area (Å²) < 4.78 is 2.18. The molecule has 2 aromatic rings. The largest absolute Gasteiger partial charge is 0.381 e. The van der Waals surface area contributed by atoms with Gasteiger partial charge in [0.05, 0.1) is 4.47 Å².